The van der Waals surface area contributed by atoms with Crippen molar-refractivity contribution in [2.75, 3.05) is 32.7 Å². The summed E-state index contributed by atoms with van der Waals surface area (Å²) in [4.78, 5) is 14.8. The van der Waals surface area contributed by atoms with E-state index in [4.69, 9.17) is 0 Å². The number of aromatic amines is 1. The molecular formula is C19H26N4O3S. The van der Waals surface area contributed by atoms with Crippen LogP contribution in [0.4, 0.5) is 0 Å². The number of H-pyrrole nitrogens is 1. The average molecular weight is 391 g/mol. The number of carbonyl (C=O) groups is 1. The van der Waals surface area contributed by atoms with Crippen LogP contribution in [-0.2, 0) is 10.0 Å². The van der Waals surface area contributed by atoms with Gasteiger partial charge in [0.25, 0.3) is 0 Å². The second-order valence-corrected chi connectivity index (χ2v) is 9.04. The minimum absolute atomic E-state index is 0.0657. The highest BCUT2D eigenvalue weighted by atomic mass is 32.2. The van der Waals surface area contributed by atoms with E-state index in [1.165, 1.54) is 4.31 Å². The van der Waals surface area contributed by atoms with Crippen molar-refractivity contribution in [2.24, 2.45) is 0 Å². The summed E-state index contributed by atoms with van der Waals surface area (Å²) >= 11 is 0. The number of carbonyl (C=O) groups excluding carboxylic acids is 1. The number of hydrogen-bond acceptors (Lipinski definition) is 5. The topological polar surface area (TPSA) is 86.4 Å². The third-order valence-electron chi connectivity index (χ3n) is 5.19. The molecule has 146 valence electrons. The fraction of sp³-hybridized carbons (Fsp3) is 0.474. The highest BCUT2D eigenvalue weighted by Gasteiger charge is 2.32. The molecule has 1 aromatic carbocycles. The molecule has 1 N–H and O–H groups in total. The van der Waals surface area contributed by atoms with Crippen molar-refractivity contribution >= 4 is 15.8 Å². The predicted molar refractivity (Wildman–Crippen MR) is 104 cm³/mol. The molecule has 27 heavy (non-hydrogen) atoms. The van der Waals surface area contributed by atoms with Crippen molar-refractivity contribution in [1.82, 2.24) is 19.4 Å². The van der Waals surface area contributed by atoms with Gasteiger partial charge in [-0.2, -0.15) is 9.40 Å². The second kappa shape index (κ2) is 7.53. The summed E-state index contributed by atoms with van der Waals surface area (Å²) in [6.45, 7) is 9.53. The monoisotopic (exact) mass is 390 g/mol. The fourth-order valence-electron chi connectivity index (χ4n) is 3.39. The second-order valence-electron chi connectivity index (χ2n) is 7.17. The van der Waals surface area contributed by atoms with Crippen molar-refractivity contribution in [2.45, 2.75) is 32.6 Å². The number of aromatic nitrogens is 2. The smallest absolute Gasteiger partial charge is 0.246 e. The molecule has 0 atom stereocenters. The Morgan fingerprint density at radius 2 is 1.74 bits per heavy atom. The van der Waals surface area contributed by atoms with Crippen LogP contribution in [0.25, 0.3) is 0 Å². The van der Waals surface area contributed by atoms with Crippen molar-refractivity contribution in [1.29, 1.82) is 0 Å². The molecule has 0 radical (unpaired) electrons. The molecule has 0 saturated carbocycles. The number of nitrogens with one attached hydrogen (secondary N) is 1. The van der Waals surface area contributed by atoms with Crippen LogP contribution in [0.2, 0.25) is 0 Å². The van der Waals surface area contributed by atoms with Crippen LogP contribution in [0.3, 0.4) is 0 Å². The molecular weight excluding hydrogens is 364 g/mol. The van der Waals surface area contributed by atoms with E-state index in [2.05, 4.69) is 10.2 Å². The maximum Gasteiger partial charge on any atom is 0.246 e. The van der Waals surface area contributed by atoms with Crippen LogP contribution < -0.4 is 0 Å². The number of ketones is 1. The zero-order valence-electron chi connectivity index (χ0n) is 16.2. The van der Waals surface area contributed by atoms with E-state index in [-0.39, 0.29) is 10.7 Å². The van der Waals surface area contributed by atoms with E-state index < -0.39 is 10.0 Å². The summed E-state index contributed by atoms with van der Waals surface area (Å²) in [7, 11) is -3.57. The van der Waals surface area contributed by atoms with E-state index in [0.717, 1.165) is 11.1 Å². The number of aryl methyl sites for hydroxylation is 4. The summed E-state index contributed by atoms with van der Waals surface area (Å²) in [6, 6.07) is 5.74. The van der Waals surface area contributed by atoms with Crippen molar-refractivity contribution in [3.8, 4) is 0 Å². The molecule has 2 heterocycles. The molecule has 1 fully saturated rings. The summed E-state index contributed by atoms with van der Waals surface area (Å²) in [6.07, 6.45) is 0. The van der Waals surface area contributed by atoms with Gasteiger partial charge in [0.05, 0.1) is 17.9 Å². The molecule has 0 amide bonds. The van der Waals surface area contributed by atoms with Crippen LogP contribution >= 0.6 is 0 Å². The number of rotatable bonds is 5. The molecule has 0 unspecified atom stereocenters. The maximum absolute atomic E-state index is 12.9. The Kier molecular flexibility index (Phi) is 5.50. The summed E-state index contributed by atoms with van der Waals surface area (Å²) in [5.41, 5.74) is 4.01. The maximum atomic E-state index is 12.9. The van der Waals surface area contributed by atoms with Crippen molar-refractivity contribution in [3.63, 3.8) is 0 Å². The molecule has 1 aliphatic rings. The summed E-state index contributed by atoms with van der Waals surface area (Å²) in [5, 5.41) is 6.73. The predicted octanol–water partition coefficient (Wildman–Crippen LogP) is 1.83. The number of benzene rings is 1. The summed E-state index contributed by atoms with van der Waals surface area (Å²) in [5.74, 6) is 0.0657. The van der Waals surface area contributed by atoms with E-state index in [1.807, 2.05) is 36.9 Å². The van der Waals surface area contributed by atoms with Crippen molar-refractivity contribution < 1.29 is 13.2 Å². The first-order valence-electron chi connectivity index (χ1n) is 9.04. The highest BCUT2D eigenvalue weighted by molar-refractivity contribution is 7.89. The Morgan fingerprint density at radius 3 is 2.30 bits per heavy atom. The van der Waals surface area contributed by atoms with E-state index in [1.54, 1.807) is 13.8 Å². The third kappa shape index (κ3) is 3.97. The molecule has 3 rings (SSSR count). The zero-order valence-corrected chi connectivity index (χ0v) is 17.1. The first kappa shape index (κ1) is 19.7. The van der Waals surface area contributed by atoms with Crippen LogP contribution in [0.5, 0.6) is 0 Å². The molecule has 2 aromatic rings. The normalized spacial score (nSPS) is 16.6. The van der Waals surface area contributed by atoms with Gasteiger partial charge in [0, 0.05) is 31.7 Å². The van der Waals surface area contributed by atoms with Gasteiger partial charge in [0.2, 0.25) is 10.0 Å². The van der Waals surface area contributed by atoms with Crippen LogP contribution in [0.15, 0.2) is 23.1 Å². The molecule has 0 bridgehead atoms. The molecule has 0 aliphatic carbocycles. The van der Waals surface area contributed by atoms with Gasteiger partial charge in [-0.05, 0) is 44.9 Å². The number of sulfonamides is 1. The molecule has 7 nitrogen and oxygen atoms in total. The van der Waals surface area contributed by atoms with Gasteiger partial charge in [-0.25, -0.2) is 8.42 Å². The third-order valence-corrected chi connectivity index (χ3v) is 7.35. The first-order valence-corrected chi connectivity index (χ1v) is 10.5. The van der Waals surface area contributed by atoms with Crippen LogP contribution in [-0.4, -0.2) is 66.3 Å². The lowest BCUT2D eigenvalue weighted by molar-refractivity contribution is 0.0901. The molecule has 8 heteroatoms. The quantitative estimate of drug-likeness (QED) is 0.787. The summed E-state index contributed by atoms with van der Waals surface area (Å²) < 4.78 is 27.3. The zero-order chi connectivity index (χ0) is 19.8. The molecule has 0 spiro atoms. The van der Waals surface area contributed by atoms with Gasteiger partial charge in [-0.15, -0.1) is 0 Å². The lowest BCUT2D eigenvalue weighted by Gasteiger charge is -2.33. The van der Waals surface area contributed by atoms with Gasteiger partial charge in [0.15, 0.2) is 5.78 Å². The Morgan fingerprint density at radius 1 is 1.07 bits per heavy atom. The van der Waals surface area contributed by atoms with E-state index in [9.17, 15) is 13.2 Å². The van der Waals surface area contributed by atoms with Crippen LogP contribution in [0.1, 0.15) is 32.9 Å². The van der Waals surface area contributed by atoms with Crippen LogP contribution in [0, 0.1) is 27.7 Å². The molecule has 1 aliphatic heterocycles. The Hall–Kier alpha value is -2.03. The van der Waals surface area contributed by atoms with Gasteiger partial charge in [-0.1, -0.05) is 12.1 Å². The standard InChI is InChI=1S/C19H26N4O3S/c1-13-5-6-17(11-14(13)2)18(24)12-22-7-9-23(10-8-22)27(25,26)19-15(3)20-21-16(19)4/h5-6,11H,7-10,12H2,1-4H3,(H,20,21). The number of Topliss-reactive ketones (excluding diaryl/α,β-unsaturated/α-hetero) is 1. The average Bonchev–Trinajstić information content (AvgIpc) is 2.97. The number of hydrogen-bond donors (Lipinski definition) is 1. The minimum Gasteiger partial charge on any atom is -0.293 e. The largest absolute Gasteiger partial charge is 0.293 e. The molecule has 1 saturated heterocycles. The Balaban J connectivity index is 1.63. The SMILES string of the molecule is Cc1ccc(C(=O)CN2CCN(S(=O)(=O)c3c(C)n[nH]c3C)CC2)cc1C. The lowest BCUT2D eigenvalue weighted by atomic mass is 10.0. The molecule has 1 aromatic heterocycles. The van der Waals surface area contributed by atoms with Crippen molar-refractivity contribution in [3.05, 3.63) is 46.3 Å². The number of nitrogens with zero attached hydrogens (tertiary/aromatic N) is 3. The van der Waals surface area contributed by atoms with Gasteiger partial charge in [-0.3, -0.25) is 14.8 Å². The van der Waals surface area contributed by atoms with E-state index in [0.29, 0.717) is 49.7 Å². The van der Waals surface area contributed by atoms with Gasteiger partial charge >= 0.3 is 0 Å². The minimum atomic E-state index is -3.57. The first-order chi connectivity index (χ1) is 12.7. The van der Waals surface area contributed by atoms with E-state index >= 15 is 0 Å². The Bertz CT molecular complexity index is 938. The lowest BCUT2D eigenvalue weighted by Crippen LogP contribution is -2.49. The number of piperazine rings is 1. The highest BCUT2D eigenvalue weighted by Crippen LogP contribution is 2.22. The van der Waals surface area contributed by atoms with Gasteiger partial charge < -0.3 is 0 Å². The van der Waals surface area contributed by atoms with Gasteiger partial charge in [0.1, 0.15) is 4.90 Å². The fourth-order valence-corrected chi connectivity index (χ4v) is 5.14. The Labute approximate surface area is 160 Å².